The number of rotatable bonds is 0. The summed E-state index contributed by atoms with van der Waals surface area (Å²) in [5.41, 5.74) is 5.28. The van der Waals surface area contributed by atoms with Gasteiger partial charge in [-0.3, -0.25) is 0 Å². The van der Waals surface area contributed by atoms with E-state index in [2.05, 4.69) is 22.5 Å². The van der Waals surface area contributed by atoms with E-state index >= 15 is 0 Å². The number of hydrogen-bond acceptors (Lipinski definition) is 2. The Morgan fingerprint density at radius 2 is 2.71 bits per heavy atom. The van der Waals surface area contributed by atoms with E-state index in [9.17, 15) is 0 Å². The van der Waals surface area contributed by atoms with Crippen LogP contribution in [0.5, 0.6) is 0 Å². The number of thiocarbonyl (C=S) groups is 1. The van der Waals surface area contributed by atoms with Crippen molar-refractivity contribution in [3.8, 4) is 0 Å². The van der Waals surface area contributed by atoms with Crippen molar-refractivity contribution >= 4 is 23.5 Å². The van der Waals surface area contributed by atoms with E-state index < -0.39 is 0 Å². The van der Waals surface area contributed by atoms with Gasteiger partial charge in [0.15, 0.2) is 5.11 Å². The van der Waals surface area contributed by atoms with E-state index in [1.54, 1.807) is 6.21 Å². The van der Waals surface area contributed by atoms with Gasteiger partial charge in [0.1, 0.15) is 6.17 Å². The topological polar surface area (TPSA) is 50.4 Å². The first kappa shape index (κ1) is 4.67. The van der Waals surface area contributed by atoms with Crippen LogP contribution < -0.4 is 11.1 Å². The molecule has 3 N–H and O–H groups in total. The summed E-state index contributed by atoms with van der Waals surface area (Å²) >= 11 is 4.61. The molecule has 0 aromatic heterocycles. The third kappa shape index (κ3) is 0.942. The van der Waals surface area contributed by atoms with Crippen LogP contribution in [0.1, 0.15) is 0 Å². The summed E-state index contributed by atoms with van der Waals surface area (Å²) < 4.78 is 0. The van der Waals surface area contributed by atoms with Crippen LogP contribution in [-0.4, -0.2) is 17.5 Å². The van der Waals surface area contributed by atoms with E-state index in [1.807, 2.05) is 0 Å². The molecule has 3 nitrogen and oxygen atoms in total. The Morgan fingerprint density at radius 1 is 2.00 bits per heavy atom. The quantitative estimate of drug-likeness (QED) is 0.408. The molecule has 0 spiro atoms. The molecule has 0 amide bonds. The van der Waals surface area contributed by atoms with Gasteiger partial charge in [0.05, 0.1) is 0 Å². The van der Waals surface area contributed by atoms with Crippen molar-refractivity contribution in [3.63, 3.8) is 0 Å². The summed E-state index contributed by atoms with van der Waals surface area (Å²) in [6, 6.07) is 0. The minimum atomic E-state index is -0.160. The van der Waals surface area contributed by atoms with Crippen molar-refractivity contribution in [1.82, 2.24) is 5.32 Å². The SMILES string of the molecule is NC1C=NC(=S)N1. The molecule has 1 heterocycles. The van der Waals surface area contributed by atoms with Crippen molar-refractivity contribution in [1.29, 1.82) is 0 Å². The van der Waals surface area contributed by atoms with Gasteiger partial charge in [-0.2, -0.15) is 0 Å². The van der Waals surface area contributed by atoms with Gasteiger partial charge in [0.2, 0.25) is 0 Å². The van der Waals surface area contributed by atoms with Crippen molar-refractivity contribution in [2.45, 2.75) is 6.17 Å². The van der Waals surface area contributed by atoms with Crippen LogP contribution in [0.25, 0.3) is 0 Å². The van der Waals surface area contributed by atoms with Crippen LogP contribution in [0.3, 0.4) is 0 Å². The average molecular weight is 115 g/mol. The minimum absolute atomic E-state index is 0.160. The van der Waals surface area contributed by atoms with Crippen LogP contribution in [0.2, 0.25) is 0 Å². The molecule has 7 heavy (non-hydrogen) atoms. The smallest absolute Gasteiger partial charge is 0.194 e. The molecule has 4 heteroatoms. The summed E-state index contributed by atoms with van der Waals surface area (Å²) in [7, 11) is 0. The molecule has 0 radical (unpaired) electrons. The Hall–Kier alpha value is -0.480. The number of hydrogen-bond donors (Lipinski definition) is 2. The first-order chi connectivity index (χ1) is 3.29. The summed E-state index contributed by atoms with van der Waals surface area (Å²) in [5, 5.41) is 3.18. The number of nitrogens with zero attached hydrogens (tertiary/aromatic N) is 1. The molecule has 0 saturated heterocycles. The largest absolute Gasteiger partial charge is 0.341 e. The fourth-order valence-corrected chi connectivity index (χ4v) is 0.562. The molecule has 0 aromatic carbocycles. The molecule has 1 rings (SSSR count). The van der Waals surface area contributed by atoms with Gasteiger partial charge in [-0.25, -0.2) is 4.99 Å². The van der Waals surface area contributed by atoms with Crippen LogP contribution in [0.15, 0.2) is 4.99 Å². The summed E-state index contributed by atoms with van der Waals surface area (Å²) in [4.78, 5) is 3.69. The van der Waals surface area contributed by atoms with Crippen molar-refractivity contribution in [2.24, 2.45) is 10.7 Å². The van der Waals surface area contributed by atoms with Gasteiger partial charge in [0.25, 0.3) is 0 Å². The molecule has 0 bridgehead atoms. The van der Waals surface area contributed by atoms with Gasteiger partial charge >= 0.3 is 0 Å². The Labute approximate surface area is 46.6 Å². The third-order valence-corrected chi connectivity index (χ3v) is 0.866. The molecule has 1 aliphatic rings. The molecule has 0 aliphatic carbocycles. The highest BCUT2D eigenvalue weighted by atomic mass is 32.1. The molecular formula is C3H5N3S. The lowest BCUT2D eigenvalue weighted by atomic mass is 10.6. The van der Waals surface area contributed by atoms with Crippen molar-refractivity contribution in [2.75, 3.05) is 0 Å². The lowest BCUT2D eigenvalue weighted by molar-refractivity contribution is 0.852. The third-order valence-electron chi connectivity index (χ3n) is 0.643. The van der Waals surface area contributed by atoms with Crippen molar-refractivity contribution < 1.29 is 0 Å². The Bertz CT molecular complexity index is 119. The highest BCUT2D eigenvalue weighted by molar-refractivity contribution is 7.80. The molecule has 0 aromatic rings. The first-order valence-corrected chi connectivity index (χ1v) is 2.30. The van der Waals surface area contributed by atoms with Crippen LogP contribution in [0.4, 0.5) is 0 Å². The van der Waals surface area contributed by atoms with E-state index in [-0.39, 0.29) is 6.17 Å². The van der Waals surface area contributed by atoms with Gasteiger partial charge < -0.3 is 11.1 Å². The normalized spacial score (nSPS) is 28.1. The molecule has 0 fully saturated rings. The molecule has 38 valence electrons. The molecule has 1 atom stereocenters. The zero-order valence-electron chi connectivity index (χ0n) is 3.59. The molecule has 1 aliphatic heterocycles. The molecule has 1 unspecified atom stereocenters. The van der Waals surface area contributed by atoms with Gasteiger partial charge in [-0.1, -0.05) is 0 Å². The summed E-state index contributed by atoms with van der Waals surface area (Å²) in [6.45, 7) is 0. The standard InChI is InChI=1S/C3H5N3S/c4-2-1-5-3(7)6-2/h1-2H,4H2,(H,6,7). The maximum atomic E-state index is 5.28. The maximum absolute atomic E-state index is 5.28. The summed E-state index contributed by atoms with van der Waals surface area (Å²) in [5.74, 6) is 0. The van der Waals surface area contributed by atoms with Crippen LogP contribution >= 0.6 is 12.2 Å². The fraction of sp³-hybridized carbons (Fsp3) is 0.333. The maximum Gasteiger partial charge on any atom is 0.194 e. The number of aliphatic imine (C=N–C) groups is 1. The predicted octanol–water partition coefficient (Wildman–Crippen LogP) is -0.770. The van der Waals surface area contributed by atoms with Gasteiger partial charge in [-0.05, 0) is 12.2 Å². The Morgan fingerprint density at radius 3 is 2.86 bits per heavy atom. The minimum Gasteiger partial charge on any atom is -0.341 e. The van der Waals surface area contributed by atoms with Gasteiger partial charge in [-0.15, -0.1) is 0 Å². The second-order valence-corrected chi connectivity index (χ2v) is 1.64. The predicted molar refractivity (Wildman–Crippen MR) is 32.2 cm³/mol. The average Bonchev–Trinajstić information content (AvgIpc) is 1.87. The second-order valence-electron chi connectivity index (χ2n) is 1.25. The number of nitrogens with one attached hydrogen (secondary N) is 1. The summed E-state index contributed by atoms with van der Waals surface area (Å²) in [6.07, 6.45) is 1.41. The van der Waals surface area contributed by atoms with E-state index in [4.69, 9.17) is 5.73 Å². The monoisotopic (exact) mass is 115 g/mol. The number of nitrogens with two attached hydrogens (primary N) is 1. The Balaban J connectivity index is 2.58. The zero-order chi connectivity index (χ0) is 5.28. The first-order valence-electron chi connectivity index (χ1n) is 1.89. The zero-order valence-corrected chi connectivity index (χ0v) is 4.40. The highest BCUT2D eigenvalue weighted by Crippen LogP contribution is 1.82. The lowest BCUT2D eigenvalue weighted by Crippen LogP contribution is -2.35. The highest BCUT2D eigenvalue weighted by Gasteiger charge is 2.04. The van der Waals surface area contributed by atoms with Crippen LogP contribution in [0, 0.1) is 0 Å². The van der Waals surface area contributed by atoms with Gasteiger partial charge in [0, 0.05) is 6.21 Å². The van der Waals surface area contributed by atoms with E-state index in [0.717, 1.165) is 0 Å². The fourth-order valence-electron chi connectivity index (χ4n) is 0.365. The van der Waals surface area contributed by atoms with E-state index in [0.29, 0.717) is 5.11 Å². The lowest BCUT2D eigenvalue weighted by Gasteiger charge is -1.95. The molecule has 0 saturated carbocycles. The van der Waals surface area contributed by atoms with Crippen LogP contribution in [-0.2, 0) is 0 Å². The second kappa shape index (κ2) is 1.55. The van der Waals surface area contributed by atoms with Crippen molar-refractivity contribution in [3.05, 3.63) is 0 Å². The Kier molecular flexibility index (Phi) is 1.04. The van der Waals surface area contributed by atoms with E-state index in [1.165, 1.54) is 0 Å². The molecular weight excluding hydrogens is 110 g/mol.